The van der Waals surface area contributed by atoms with Crippen LogP contribution in [0.5, 0.6) is 0 Å². The minimum Gasteiger partial charge on any atom is -0.393 e. The van der Waals surface area contributed by atoms with Gasteiger partial charge in [0, 0.05) is 19.0 Å². The Morgan fingerprint density at radius 1 is 1.44 bits per heavy atom. The SMILES string of the molecule is CC(O)C1CCN(C(=O)C(Cl)c2ccccc2)C1. The monoisotopic (exact) mass is 267 g/mol. The molecule has 3 atom stereocenters. The molecule has 3 nitrogen and oxygen atoms in total. The highest BCUT2D eigenvalue weighted by Gasteiger charge is 2.32. The molecule has 1 aliphatic heterocycles. The van der Waals surface area contributed by atoms with E-state index in [0.29, 0.717) is 13.1 Å². The van der Waals surface area contributed by atoms with E-state index >= 15 is 0 Å². The summed E-state index contributed by atoms with van der Waals surface area (Å²) >= 11 is 6.21. The number of amides is 1. The molecule has 0 spiro atoms. The van der Waals surface area contributed by atoms with Crippen LogP contribution in [-0.2, 0) is 4.79 Å². The molecule has 1 amide bonds. The van der Waals surface area contributed by atoms with E-state index in [4.69, 9.17) is 11.6 Å². The highest BCUT2D eigenvalue weighted by Crippen LogP contribution is 2.27. The number of aliphatic hydroxyl groups is 1. The summed E-state index contributed by atoms with van der Waals surface area (Å²) in [7, 11) is 0. The number of nitrogens with zero attached hydrogens (tertiary/aromatic N) is 1. The molecule has 4 heteroatoms. The minimum atomic E-state index is -0.626. The number of alkyl halides is 1. The number of rotatable bonds is 3. The first-order valence-electron chi connectivity index (χ1n) is 6.25. The molecular formula is C14H18ClNO2. The Kier molecular flexibility index (Phi) is 4.25. The molecular weight excluding hydrogens is 250 g/mol. The number of hydrogen-bond donors (Lipinski definition) is 1. The Morgan fingerprint density at radius 3 is 2.67 bits per heavy atom. The topological polar surface area (TPSA) is 40.5 Å². The molecule has 0 aromatic heterocycles. The van der Waals surface area contributed by atoms with Crippen molar-refractivity contribution >= 4 is 17.5 Å². The Balaban J connectivity index is 2.00. The summed E-state index contributed by atoms with van der Waals surface area (Å²) in [6, 6.07) is 9.37. The van der Waals surface area contributed by atoms with Crippen molar-refractivity contribution in [3.63, 3.8) is 0 Å². The summed E-state index contributed by atoms with van der Waals surface area (Å²) in [5.41, 5.74) is 0.824. The zero-order valence-electron chi connectivity index (χ0n) is 10.4. The highest BCUT2D eigenvalue weighted by molar-refractivity contribution is 6.30. The van der Waals surface area contributed by atoms with Gasteiger partial charge in [-0.15, -0.1) is 11.6 Å². The number of likely N-dealkylation sites (tertiary alicyclic amines) is 1. The van der Waals surface area contributed by atoms with Crippen molar-refractivity contribution in [1.29, 1.82) is 0 Å². The average molecular weight is 268 g/mol. The van der Waals surface area contributed by atoms with E-state index in [1.807, 2.05) is 30.3 Å². The lowest BCUT2D eigenvalue weighted by Crippen LogP contribution is -2.32. The van der Waals surface area contributed by atoms with Crippen LogP contribution in [0.15, 0.2) is 30.3 Å². The first-order valence-corrected chi connectivity index (χ1v) is 6.69. The number of hydrogen-bond acceptors (Lipinski definition) is 2. The molecule has 18 heavy (non-hydrogen) atoms. The van der Waals surface area contributed by atoms with E-state index in [9.17, 15) is 9.90 Å². The molecule has 0 aliphatic carbocycles. The van der Waals surface area contributed by atoms with E-state index in [-0.39, 0.29) is 17.9 Å². The molecule has 2 rings (SSSR count). The van der Waals surface area contributed by atoms with Gasteiger partial charge in [-0.25, -0.2) is 0 Å². The van der Waals surface area contributed by atoms with Crippen molar-refractivity contribution in [1.82, 2.24) is 4.90 Å². The van der Waals surface area contributed by atoms with Crippen LogP contribution in [0.2, 0.25) is 0 Å². The summed E-state index contributed by atoms with van der Waals surface area (Å²) < 4.78 is 0. The van der Waals surface area contributed by atoms with Crippen molar-refractivity contribution in [2.75, 3.05) is 13.1 Å². The van der Waals surface area contributed by atoms with Gasteiger partial charge in [-0.2, -0.15) is 0 Å². The summed E-state index contributed by atoms with van der Waals surface area (Å²) in [6.45, 7) is 3.06. The van der Waals surface area contributed by atoms with Gasteiger partial charge in [0.1, 0.15) is 5.38 Å². The molecule has 1 aliphatic rings. The maximum Gasteiger partial charge on any atom is 0.245 e. The number of carbonyl (C=O) groups excluding carboxylic acids is 1. The molecule has 3 unspecified atom stereocenters. The second-order valence-corrected chi connectivity index (χ2v) is 5.28. The third-order valence-electron chi connectivity index (χ3n) is 3.53. The van der Waals surface area contributed by atoms with Crippen molar-refractivity contribution in [3.8, 4) is 0 Å². The molecule has 1 fully saturated rings. The third-order valence-corrected chi connectivity index (χ3v) is 3.97. The van der Waals surface area contributed by atoms with E-state index < -0.39 is 5.38 Å². The van der Waals surface area contributed by atoms with Crippen molar-refractivity contribution in [2.24, 2.45) is 5.92 Å². The Hall–Kier alpha value is -1.06. The quantitative estimate of drug-likeness (QED) is 0.853. The van der Waals surface area contributed by atoms with Gasteiger partial charge < -0.3 is 10.0 Å². The van der Waals surface area contributed by atoms with E-state index in [2.05, 4.69) is 0 Å². The van der Waals surface area contributed by atoms with Gasteiger partial charge in [-0.3, -0.25) is 4.79 Å². The molecule has 1 N–H and O–H groups in total. The van der Waals surface area contributed by atoms with Gasteiger partial charge in [0.2, 0.25) is 5.91 Å². The van der Waals surface area contributed by atoms with E-state index in [1.54, 1.807) is 11.8 Å². The standard InChI is InChI=1S/C14H18ClNO2/c1-10(17)12-7-8-16(9-12)14(18)13(15)11-5-3-2-4-6-11/h2-6,10,12-13,17H,7-9H2,1H3. The average Bonchev–Trinajstić information content (AvgIpc) is 2.88. The first kappa shape index (κ1) is 13.4. The molecule has 0 radical (unpaired) electrons. The molecule has 0 bridgehead atoms. The molecule has 1 saturated heterocycles. The second-order valence-electron chi connectivity index (χ2n) is 4.85. The van der Waals surface area contributed by atoms with Crippen LogP contribution >= 0.6 is 11.6 Å². The van der Waals surface area contributed by atoms with Gasteiger partial charge in [0.25, 0.3) is 0 Å². The molecule has 1 heterocycles. The fraction of sp³-hybridized carbons (Fsp3) is 0.500. The van der Waals surface area contributed by atoms with Crippen LogP contribution in [0, 0.1) is 5.92 Å². The number of halogens is 1. The predicted molar refractivity (Wildman–Crippen MR) is 71.4 cm³/mol. The zero-order valence-corrected chi connectivity index (χ0v) is 11.2. The molecule has 98 valence electrons. The summed E-state index contributed by atoms with van der Waals surface area (Å²) in [6.07, 6.45) is 0.482. The maximum absolute atomic E-state index is 12.2. The zero-order chi connectivity index (χ0) is 13.1. The smallest absolute Gasteiger partial charge is 0.245 e. The van der Waals surface area contributed by atoms with Gasteiger partial charge in [0.15, 0.2) is 0 Å². The fourth-order valence-electron chi connectivity index (χ4n) is 2.31. The van der Waals surface area contributed by atoms with Crippen molar-refractivity contribution in [2.45, 2.75) is 24.8 Å². The molecule has 1 aromatic carbocycles. The lowest BCUT2D eigenvalue weighted by molar-refractivity contribution is -0.130. The second kappa shape index (κ2) is 5.72. The Bertz CT molecular complexity index is 408. The summed E-state index contributed by atoms with van der Waals surface area (Å²) in [4.78, 5) is 14.0. The van der Waals surface area contributed by atoms with Gasteiger partial charge in [-0.05, 0) is 18.9 Å². The largest absolute Gasteiger partial charge is 0.393 e. The van der Waals surface area contributed by atoms with Crippen LogP contribution in [-0.4, -0.2) is 35.1 Å². The first-order chi connectivity index (χ1) is 8.59. The van der Waals surface area contributed by atoms with Crippen LogP contribution in [0.4, 0.5) is 0 Å². The summed E-state index contributed by atoms with van der Waals surface area (Å²) in [5.74, 6) is 0.111. The van der Waals surface area contributed by atoms with Gasteiger partial charge >= 0.3 is 0 Å². The van der Waals surface area contributed by atoms with Crippen molar-refractivity contribution in [3.05, 3.63) is 35.9 Å². The number of aliphatic hydroxyl groups excluding tert-OH is 1. The lowest BCUT2D eigenvalue weighted by Gasteiger charge is -2.20. The number of benzene rings is 1. The highest BCUT2D eigenvalue weighted by atomic mass is 35.5. The summed E-state index contributed by atoms with van der Waals surface area (Å²) in [5, 5.41) is 8.91. The maximum atomic E-state index is 12.2. The number of carbonyl (C=O) groups is 1. The lowest BCUT2D eigenvalue weighted by atomic mass is 10.0. The van der Waals surface area contributed by atoms with E-state index in [0.717, 1.165) is 12.0 Å². The Labute approximate surface area is 112 Å². The molecule has 1 aromatic rings. The van der Waals surface area contributed by atoms with Crippen LogP contribution in [0.1, 0.15) is 24.3 Å². The van der Waals surface area contributed by atoms with E-state index in [1.165, 1.54) is 0 Å². The minimum absolute atomic E-state index is 0.0639. The third kappa shape index (κ3) is 2.85. The van der Waals surface area contributed by atoms with Crippen LogP contribution in [0.3, 0.4) is 0 Å². The van der Waals surface area contributed by atoms with Crippen LogP contribution < -0.4 is 0 Å². The molecule has 0 saturated carbocycles. The Morgan fingerprint density at radius 2 is 2.11 bits per heavy atom. The van der Waals surface area contributed by atoms with Crippen LogP contribution in [0.25, 0.3) is 0 Å². The van der Waals surface area contributed by atoms with Crippen molar-refractivity contribution < 1.29 is 9.90 Å². The normalized spacial score (nSPS) is 22.8. The predicted octanol–water partition coefficient (Wildman–Crippen LogP) is 2.20. The van der Waals surface area contributed by atoms with Gasteiger partial charge in [-0.1, -0.05) is 30.3 Å². The fourth-order valence-corrected chi connectivity index (χ4v) is 2.59. The van der Waals surface area contributed by atoms with Gasteiger partial charge in [0.05, 0.1) is 6.10 Å².